The molecule has 1 atom stereocenters. The summed E-state index contributed by atoms with van der Waals surface area (Å²) >= 11 is 18.2. The lowest BCUT2D eigenvalue weighted by Crippen LogP contribution is -3.21. The van der Waals surface area contributed by atoms with Gasteiger partial charge in [-0.25, -0.2) is 0 Å². The largest absolute Gasteiger partial charge is 0.493 e. The van der Waals surface area contributed by atoms with Crippen LogP contribution in [0, 0.1) is 0 Å². The number of alkyl halides is 3. The number of amides is 1. The van der Waals surface area contributed by atoms with E-state index in [9.17, 15) is 4.79 Å². The molecule has 1 saturated heterocycles. The SMILES string of the molecule is COc1ccc(C(=O)N[C@H]([NH+]2CCOCC2)C(Cl)(Cl)Cl)cc1OC. The molecule has 0 unspecified atom stereocenters. The summed E-state index contributed by atoms with van der Waals surface area (Å²) in [5.74, 6) is 0.631. The average molecular weight is 399 g/mol. The van der Waals surface area contributed by atoms with Crippen LogP contribution in [0.4, 0.5) is 0 Å². The molecule has 2 N–H and O–H groups in total. The quantitative estimate of drug-likeness (QED) is 0.728. The number of rotatable bonds is 5. The highest BCUT2D eigenvalue weighted by Crippen LogP contribution is 2.29. The zero-order valence-electron chi connectivity index (χ0n) is 13.4. The number of methoxy groups -OCH3 is 2. The maximum atomic E-state index is 12.6. The molecule has 6 nitrogen and oxygen atoms in total. The Morgan fingerprint density at radius 3 is 2.38 bits per heavy atom. The molecule has 9 heteroatoms. The Balaban J connectivity index is 2.18. The Kier molecular flexibility index (Phi) is 6.83. The van der Waals surface area contributed by atoms with Gasteiger partial charge < -0.3 is 19.1 Å². The summed E-state index contributed by atoms with van der Waals surface area (Å²) < 4.78 is 14.0. The first-order valence-corrected chi connectivity index (χ1v) is 8.52. The summed E-state index contributed by atoms with van der Waals surface area (Å²) in [6, 6.07) is 4.86. The first-order valence-electron chi connectivity index (χ1n) is 7.38. The maximum absolute atomic E-state index is 12.6. The summed E-state index contributed by atoms with van der Waals surface area (Å²) in [5, 5.41) is 2.81. The van der Waals surface area contributed by atoms with Crippen LogP contribution in [0.3, 0.4) is 0 Å². The Morgan fingerprint density at radius 1 is 1.21 bits per heavy atom. The zero-order chi connectivity index (χ0) is 17.7. The van der Waals surface area contributed by atoms with Gasteiger partial charge in [0.05, 0.1) is 27.4 Å². The Hall–Kier alpha value is -0.920. The molecule has 24 heavy (non-hydrogen) atoms. The first-order chi connectivity index (χ1) is 11.4. The summed E-state index contributed by atoms with van der Waals surface area (Å²) in [4.78, 5) is 13.5. The number of ether oxygens (including phenoxy) is 3. The number of carbonyl (C=O) groups excluding carboxylic acids is 1. The minimum Gasteiger partial charge on any atom is -0.493 e. The third-order valence-corrected chi connectivity index (χ3v) is 4.45. The van der Waals surface area contributed by atoms with Gasteiger partial charge in [0.25, 0.3) is 9.70 Å². The third kappa shape index (κ3) is 4.80. The molecule has 1 aromatic carbocycles. The van der Waals surface area contributed by atoms with Crippen molar-refractivity contribution in [3.63, 3.8) is 0 Å². The fourth-order valence-corrected chi connectivity index (χ4v) is 3.16. The van der Waals surface area contributed by atoms with Crippen LogP contribution in [0.15, 0.2) is 18.2 Å². The standard InChI is InChI=1S/C15H19Cl3N2O4/c1-22-11-4-3-10(9-12(11)23-2)13(21)19-14(15(16,17)18)20-5-7-24-8-6-20/h3-4,9,14H,5-8H2,1-2H3,(H,19,21)/p+1/t14-/m1/s1. The zero-order valence-corrected chi connectivity index (χ0v) is 15.7. The fourth-order valence-electron chi connectivity index (χ4n) is 2.53. The smallest absolute Gasteiger partial charge is 0.262 e. The van der Waals surface area contributed by atoms with Crippen LogP contribution in [0.1, 0.15) is 10.4 Å². The van der Waals surface area contributed by atoms with Gasteiger partial charge in [-0.1, -0.05) is 34.8 Å². The molecule has 0 saturated carbocycles. The monoisotopic (exact) mass is 397 g/mol. The van der Waals surface area contributed by atoms with Gasteiger partial charge in [0.15, 0.2) is 11.5 Å². The molecule has 1 heterocycles. The number of nitrogens with one attached hydrogen (secondary N) is 2. The van der Waals surface area contributed by atoms with Gasteiger partial charge in [-0.15, -0.1) is 0 Å². The van der Waals surface area contributed by atoms with Crippen LogP contribution in [0.5, 0.6) is 11.5 Å². The van der Waals surface area contributed by atoms with Gasteiger partial charge in [-0.2, -0.15) is 0 Å². The molecule has 1 aliphatic rings. The second-order valence-electron chi connectivity index (χ2n) is 5.29. The number of benzene rings is 1. The Bertz CT molecular complexity index is 574. The Morgan fingerprint density at radius 2 is 1.83 bits per heavy atom. The van der Waals surface area contributed by atoms with E-state index in [2.05, 4.69) is 5.32 Å². The van der Waals surface area contributed by atoms with Crippen LogP contribution in [-0.4, -0.2) is 56.4 Å². The molecule has 0 radical (unpaired) electrons. The summed E-state index contributed by atoms with van der Waals surface area (Å²) in [6.45, 7) is 2.40. The second-order valence-corrected chi connectivity index (χ2v) is 7.66. The molecule has 134 valence electrons. The van der Waals surface area contributed by atoms with Crippen molar-refractivity contribution in [1.82, 2.24) is 5.32 Å². The van der Waals surface area contributed by atoms with Crippen molar-refractivity contribution in [2.45, 2.75) is 9.96 Å². The number of hydrogen-bond donors (Lipinski definition) is 2. The van der Waals surface area contributed by atoms with Crippen molar-refractivity contribution in [3.05, 3.63) is 23.8 Å². The minimum absolute atomic E-state index is 0.355. The van der Waals surface area contributed by atoms with E-state index >= 15 is 0 Å². The lowest BCUT2D eigenvalue weighted by molar-refractivity contribution is -0.934. The molecule has 1 aliphatic heterocycles. The van der Waals surface area contributed by atoms with Crippen LogP contribution >= 0.6 is 34.8 Å². The predicted octanol–water partition coefficient (Wildman–Crippen LogP) is 1.04. The summed E-state index contributed by atoms with van der Waals surface area (Å²) in [6.07, 6.45) is -0.688. The molecule has 0 bridgehead atoms. The molecule has 0 aliphatic carbocycles. The van der Waals surface area contributed by atoms with Crippen LogP contribution in [0.25, 0.3) is 0 Å². The van der Waals surface area contributed by atoms with Gasteiger partial charge in [0.1, 0.15) is 13.1 Å². The topological polar surface area (TPSA) is 61.2 Å². The van der Waals surface area contributed by atoms with Gasteiger partial charge in [0, 0.05) is 5.56 Å². The number of halogens is 3. The molecule has 1 aromatic rings. The lowest BCUT2D eigenvalue weighted by Gasteiger charge is -2.35. The number of morpholine rings is 1. The van der Waals surface area contributed by atoms with Crippen LogP contribution < -0.4 is 19.7 Å². The first kappa shape index (κ1) is 19.4. The molecule has 0 spiro atoms. The van der Waals surface area contributed by atoms with E-state index in [0.29, 0.717) is 43.4 Å². The second kappa shape index (κ2) is 8.45. The van der Waals surface area contributed by atoms with Gasteiger partial charge in [-0.3, -0.25) is 10.1 Å². The van der Waals surface area contributed by atoms with E-state index in [0.717, 1.165) is 4.90 Å². The van der Waals surface area contributed by atoms with E-state index in [1.165, 1.54) is 14.2 Å². The van der Waals surface area contributed by atoms with E-state index in [1.54, 1.807) is 18.2 Å². The third-order valence-electron chi connectivity index (χ3n) is 3.79. The molecule has 1 amide bonds. The number of quaternary nitrogens is 1. The highest BCUT2D eigenvalue weighted by molar-refractivity contribution is 6.68. The molecule has 1 fully saturated rings. The van der Waals surface area contributed by atoms with Gasteiger partial charge >= 0.3 is 0 Å². The minimum atomic E-state index is -1.64. The van der Waals surface area contributed by atoms with Crippen molar-refractivity contribution >= 4 is 40.7 Å². The van der Waals surface area contributed by atoms with Crippen molar-refractivity contribution in [3.8, 4) is 11.5 Å². The normalized spacial score (nSPS) is 17.2. The van der Waals surface area contributed by atoms with E-state index < -0.39 is 9.96 Å². The van der Waals surface area contributed by atoms with E-state index in [-0.39, 0.29) is 5.91 Å². The van der Waals surface area contributed by atoms with Crippen molar-refractivity contribution in [1.29, 1.82) is 0 Å². The predicted molar refractivity (Wildman–Crippen MR) is 92.6 cm³/mol. The van der Waals surface area contributed by atoms with Gasteiger partial charge in [0.2, 0.25) is 6.17 Å². The van der Waals surface area contributed by atoms with Crippen molar-refractivity contribution in [2.24, 2.45) is 0 Å². The molecule has 2 rings (SSSR count). The number of carbonyl (C=O) groups is 1. The molecular weight excluding hydrogens is 379 g/mol. The van der Waals surface area contributed by atoms with E-state index in [1.807, 2.05) is 0 Å². The fraction of sp³-hybridized carbons (Fsp3) is 0.533. The molecular formula is C15H20Cl3N2O4+. The Labute approximate surface area is 155 Å². The van der Waals surface area contributed by atoms with Gasteiger partial charge in [-0.05, 0) is 18.2 Å². The maximum Gasteiger partial charge on any atom is 0.262 e. The van der Waals surface area contributed by atoms with Crippen LogP contribution in [-0.2, 0) is 4.74 Å². The van der Waals surface area contributed by atoms with Crippen LogP contribution in [0.2, 0.25) is 0 Å². The lowest BCUT2D eigenvalue weighted by atomic mass is 10.2. The van der Waals surface area contributed by atoms with Crippen molar-refractivity contribution < 1.29 is 23.9 Å². The van der Waals surface area contributed by atoms with Crippen molar-refractivity contribution in [2.75, 3.05) is 40.5 Å². The summed E-state index contributed by atoms with van der Waals surface area (Å²) in [7, 11) is 3.03. The highest BCUT2D eigenvalue weighted by atomic mass is 35.6. The van der Waals surface area contributed by atoms with E-state index in [4.69, 9.17) is 49.0 Å². The molecule has 0 aromatic heterocycles. The average Bonchev–Trinajstić information content (AvgIpc) is 2.58. The summed E-state index contributed by atoms with van der Waals surface area (Å²) in [5.41, 5.74) is 0.388. The number of hydrogen-bond acceptors (Lipinski definition) is 4. The highest BCUT2D eigenvalue weighted by Gasteiger charge is 2.42.